The topological polar surface area (TPSA) is 69.0 Å². The van der Waals surface area contributed by atoms with Crippen LogP contribution < -0.4 is 5.32 Å². The molecule has 0 fully saturated rings. The SMILES string of the molecule is COC(=O)c1ccc(NCn2cncn2)cc1. The molecule has 17 heavy (non-hydrogen) atoms. The van der Waals surface area contributed by atoms with Crippen LogP contribution in [-0.2, 0) is 11.4 Å². The van der Waals surface area contributed by atoms with E-state index in [0.717, 1.165) is 5.69 Å². The van der Waals surface area contributed by atoms with E-state index in [4.69, 9.17) is 0 Å². The maximum absolute atomic E-state index is 11.2. The molecule has 6 nitrogen and oxygen atoms in total. The Labute approximate surface area is 98.2 Å². The predicted octanol–water partition coefficient (Wildman–Crippen LogP) is 1.13. The number of hydrogen-bond donors (Lipinski definition) is 1. The third-order valence-corrected chi connectivity index (χ3v) is 2.22. The predicted molar refractivity (Wildman–Crippen MR) is 61.4 cm³/mol. The van der Waals surface area contributed by atoms with Gasteiger partial charge in [-0.05, 0) is 24.3 Å². The highest BCUT2D eigenvalue weighted by Crippen LogP contribution is 2.10. The summed E-state index contributed by atoms with van der Waals surface area (Å²) in [5.41, 5.74) is 1.42. The van der Waals surface area contributed by atoms with Crippen molar-refractivity contribution in [2.75, 3.05) is 12.4 Å². The maximum atomic E-state index is 11.2. The van der Waals surface area contributed by atoms with Gasteiger partial charge >= 0.3 is 5.97 Å². The minimum Gasteiger partial charge on any atom is -0.465 e. The summed E-state index contributed by atoms with van der Waals surface area (Å²) in [7, 11) is 1.36. The monoisotopic (exact) mass is 232 g/mol. The first-order valence-corrected chi connectivity index (χ1v) is 5.04. The summed E-state index contributed by atoms with van der Waals surface area (Å²) < 4.78 is 6.27. The molecule has 2 rings (SSSR count). The lowest BCUT2D eigenvalue weighted by Gasteiger charge is -2.06. The first-order valence-electron chi connectivity index (χ1n) is 5.04. The number of hydrogen-bond acceptors (Lipinski definition) is 5. The zero-order valence-electron chi connectivity index (χ0n) is 9.33. The summed E-state index contributed by atoms with van der Waals surface area (Å²) in [5.74, 6) is -0.340. The molecular formula is C11H12N4O2. The van der Waals surface area contributed by atoms with Crippen LogP contribution in [0.3, 0.4) is 0 Å². The second-order valence-corrected chi connectivity index (χ2v) is 3.34. The van der Waals surface area contributed by atoms with Crippen molar-refractivity contribution in [3.63, 3.8) is 0 Å². The molecule has 1 aromatic heterocycles. The first-order chi connectivity index (χ1) is 8.29. The second kappa shape index (κ2) is 5.11. The van der Waals surface area contributed by atoms with Gasteiger partial charge in [-0.3, -0.25) is 0 Å². The molecule has 0 aliphatic rings. The molecule has 1 aromatic carbocycles. The highest BCUT2D eigenvalue weighted by atomic mass is 16.5. The fourth-order valence-corrected chi connectivity index (χ4v) is 1.33. The molecule has 6 heteroatoms. The van der Waals surface area contributed by atoms with Gasteiger partial charge < -0.3 is 10.1 Å². The van der Waals surface area contributed by atoms with Gasteiger partial charge in [0.25, 0.3) is 0 Å². The lowest BCUT2D eigenvalue weighted by Crippen LogP contribution is -2.08. The van der Waals surface area contributed by atoms with Crippen molar-refractivity contribution in [1.29, 1.82) is 0 Å². The number of carbonyl (C=O) groups excluding carboxylic acids is 1. The Morgan fingerprint density at radius 1 is 1.41 bits per heavy atom. The number of anilines is 1. The van der Waals surface area contributed by atoms with Crippen LogP contribution in [0.1, 0.15) is 10.4 Å². The lowest BCUT2D eigenvalue weighted by molar-refractivity contribution is 0.0601. The van der Waals surface area contributed by atoms with E-state index in [1.807, 2.05) is 12.1 Å². The summed E-state index contributed by atoms with van der Waals surface area (Å²) in [4.78, 5) is 15.0. The lowest BCUT2D eigenvalue weighted by atomic mass is 10.2. The molecule has 88 valence electrons. The zero-order valence-corrected chi connectivity index (χ0v) is 9.33. The number of benzene rings is 1. The Morgan fingerprint density at radius 3 is 2.76 bits per heavy atom. The van der Waals surface area contributed by atoms with Gasteiger partial charge in [-0.2, -0.15) is 5.10 Å². The molecule has 1 heterocycles. The largest absolute Gasteiger partial charge is 0.465 e. The van der Waals surface area contributed by atoms with Crippen LogP contribution in [0.25, 0.3) is 0 Å². The standard InChI is InChI=1S/C11H12N4O2/c1-17-11(16)9-2-4-10(5-3-9)13-8-15-7-12-6-14-15/h2-7,13H,8H2,1H3. The second-order valence-electron chi connectivity index (χ2n) is 3.34. The highest BCUT2D eigenvalue weighted by molar-refractivity contribution is 5.89. The molecule has 0 bridgehead atoms. The van der Waals surface area contributed by atoms with E-state index in [9.17, 15) is 4.79 Å². The molecule has 0 unspecified atom stereocenters. The van der Waals surface area contributed by atoms with Crippen LogP contribution in [0.2, 0.25) is 0 Å². The van der Waals surface area contributed by atoms with Crippen molar-refractivity contribution < 1.29 is 9.53 Å². The van der Waals surface area contributed by atoms with E-state index in [-0.39, 0.29) is 5.97 Å². The highest BCUT2D eigenvalue weighted by Gasteiger charge is 2.03. The van der Waals surface area contributed by atoms with Crippen molar-refractivity contribution >= 4 is 11.7 Å². The Bertz CT molecular complexity index is 479. The van der Waals surface area contributed by atoms with Crippen molar-refractivity contribution in [1.82, 2.24) is 14.8 Å². The van der Waals surface area contributed by atoms with Crippen molar-refractivity contribution in [3.8, 4) is 0 Å². The Balaban J connectivity index is 1.96. The zero-order chi connectivity index (χ0) is 12.1. The number of carbonyl (C=O) groups is 1. The summed E-state index contributed by atoms with van der Waals surface area (Å²) in [6, 6.07) is 7.03. The van der Waals surface area contributed by atoms with Crippen LogP contribution in [0.15, 0.2) is 36.9 Å². The number of ether oxygens (including phenoxy) is 1. The van der Waals surface area contributed by atoms with Crippen LogP contribution >= 0.6 is 0 Å². The number of rotatable bonds is 4. The van der Waals surface area contributed by atoms with Crippen LogP contribution in [0.5, 0.6) is 0 Å². The number of methoxy groups -OCH3 is 1. The van der Waals surface area contributed by atoms with Gasteiger partial charge in [0.1, 0.15) is 19.3 Å². The molecule has 0 aliphatic carbocycles. The smallest absolute Gasteiger partial charge is 0.337 e. The number of esters is 1. The third-order valence-electron chi connectivity index (χ3n) is 2.22. The molecule has 1 N–H and O–H groups in total. The minimum absolute atomic E-state index is 0.340. The van der Waals surface area contributed by atoms with Crippen molar-refractivity contribution in [2.45, 2.75) is 6.67 Å². The summed E-state index contributed by atoms with van der Waals surface area (Å²) >= 11 is 0. The van der Waals surface area contributed by atoms with Crippen molar-refractivity contribution in [2.24, 2.45) is 0 Å². The molecule has 0 amide bonds. The van der Waals surface area contributed by atoms with Gasteiger partial charge in [0, 0.05) is 5.69 Å². The maximum Gasteiger partial charge on any atom is 0.337 e. The fraction of sp³-hybridized carbons (Fsp3) is 0.182. The Morgan fingerprint density at radius 2 is 2.18 bits per heavy atom. The van der Waals surface area contributed by atoms with E-state index in [2.05, 4.69) is 20.1 Å². The van der Waals surface area contributed by atoms with Gasteiger partial charge in [-0.1, -0.05) is 0 Å². The minimum atomic E-state index is -0.340. The molecule has 0 spiro atoms. The van der Waals surface area contributed by atoms with E-state index in [0.29, 0.717) is 12.2 Å². The van der Waals surface area contributed by atoms with Gasteiger partial charge in [0.2, 0.25) is 0 Å². The average molecular weight is 232 g/mol. The molecule has 0 radical (unpaired) electrons. The number of nitrogens with zero attached hydrogens (tertiary/aromatic N) is 3. The Kier molecular flexibility index (Phi) is 3.34. The third kappa shape index (κ3) is 2.81. The summed E-state index contributed by atoms with van der Waals surface area (Å²) in [5, 5.41) is 7.10. The fourth-order valence-electron chi connectivity index (χ4n) is 1.33. The molecule has 0 saturated carbocycles. The van der Waals surface area contributed by atoms with Gasteiger partial charge in [0.15, 0.2) is 0 Å². The van der Waals surface area contributed by atoms with Gasteiger partial charge in [-0.15, -0.1) is 0 Å². The molecule has 2 aromatic rings. The summed E-state index contributed by atoms with van der Waals surface area (Å²) in [6.07, 6.45) is 3.10. The molecular weight excluding hydrogens is 220 g/mol. The first kappa shape index (κ1) is 11.1. The van der Waals surface area contributed by atoms with Crippen LogP contribution in [0.4, 0.5) is 5.69 Å². The van der Waals surface area contributed by atoms with E-state index in [1.165, 1.54) is 13.4 Å². The average Bonchev–Trinajstić information content (AvgIpc) is 2.89. The van der Waals surface area contributed by atoms with E-state index >= 15 is 0 Å². The normalized spacial score (nSPS) is 9.94. The molecule has 0 aliphatic heterocycles. The van der Waals surface area contributed by atoms with Crippen LogP contribution in [-0.4, -0.2) is 27.8 Å². The molecule has 0 saturated heterocycles. The number of nitrogens with one attached hydrogen (secondary N) is 1. The van der Waals surface area contributed by atoms with Gasteiger partial charge in [0.05, 0.1) is 12.7 Å². The molecule has 0 atom stereocenters. The summed E-state index contributed by atoms with van der Waals surface area (Å²) in [6.45, 7) is 0.525. The van der Waals surface area contributed by atoms with E-state index in [1.54, 1.807) is 23.1 Å². The quantitative estimate of drug-likeness (QED) is 0.800. The van der Waals surface area contributed by atoms with Gasteiger partial charge in [-0.25, -0.2) is 14.5 Å². The number of aromatic nitrogens is 3. The van der Waals surface area contributed by atoms with E-state index < -0.39 is 0 Å². The van der Waals surface area contributed by atoms with Crippen LogP contribution in [0, 0.1) is 0 Å². The Hall–Kier alpha value is -2.37. The van der Waals surface area contributed by atoms with Crippen molar-refractivity contribution in [3.05, 3.63) is 42.5 Å².